The van der Waals surface area contributed by atoms with Gasteiger partial charge in [-0.2, -0.15) is 25.5 Å². The van der Waals surface area contributed by atoms with Crippen molar-refractivity contribution in [3.8, 4) is 35.0 Å². The van der Waals surface area contributed by atoms with Gasteiger partial charge in [0, 0.05) is 11.1 Å². The molecule has 0 fully saturated rings. The Morgan fingerprint density at radius 2 is 1.36 bits per heavy atom. The number of nitriles is 2. The van der Waals surface area contributed by atoms with Gasteiger partial charge in [0.25, 0.3) is 0 Å². The SMILES string of the molecule is N#Cc1nc(C#N)nc(-c2ccc(-c3nc4ccccc4o3)cc2)n1. The van der Waals surface area contributed by atoms with Gasteiger partial charge in [-0.15, -0.1) is 0 Å². The minimum absolute atomic E-state index is 0.0930. The fourth-order valence-corrected chi connectivity index (χ4v) is 2.36. The third-order valence-corrected chi connectivity index (χ3v) is 3.52. The average molecular weight is 324 g/mol. The highest BCUT2D eigenvalue weighted by atomic mass is 16.3. The quantitative estimate of drug-likeness (QED) is 0.556. The Morgan fingerprint density at radius 3 is 2.00 bits per heavy atom. The molecule has 0 atom stereocenters. The molecule has 0 saturated carbocycles. The van der Waals surface area contributed by atoms with Crippen LogP contribution >= 0.6 is 0 Å². The molecule has 2 aromatic heterocycles. The zero-order valence-corrected chi connectivity index (χ0v) is 12.7. The predicted molar refractivity (Wildman–Crippen MR) is 87.7 cm³/mol. The molecule has 0 aliphatic rings. The van der Waals surface area contributed by atoms with Gasteiger partial charge in [0.2, 0.25) is 17.5 Å². The smallest absolute Gasteiger partial charge is 0.236 e. The number of hydrogen-bond donors (Lipinski definition) is 0. The van der Waals surface area contributed by atoms with Crippen LogP contribution in [0.25, 0.3) is 33.9 Å². The molecule has 0 bridgehead atoms. The van der Waals surface area contributed by atoms with E-state index in [-0.39, 0.29) is 17.5 Å². The lowest BCUT2D eigenvalue weighted by molar-refractivity contribution is 0.620. The highest BCUT2D eigenvalue weighted by molar-refractivity contribution is 5.76. The maximum absolute atomic E-state index is 8.96. The van der Waals surface area contributed by atoms with Gasteiger partial charge >= 0.3 is 0 Å². The second-order valence-electron chi connectivity index (χ2n) is 5.09. The number of benzene rings is 2. The number of aromatic nitrogens is 4. The van der Waals surface area contributed by atoms with Gasteiger partial charge in [0.15, 0.2) is 11.4 Å². The molecule has 2 heterocycles. The van der Waals surface area contributed by atoms with Crippen LogP contribution in [0.15, 0.2) is 52.9 Å². The summed E-state index contributed by atoms with van der Waals surface area (Å²) >= 11 is 0. The van der Waals surface area contributed by atoms with Gasteiger partial charge in [-0.3, -0.25) is 0 Å². The van der Waals surface area contributed by atoms with Crippen molar-refractivity contribution < 1.29 is 4.42 Å². The minimum atomic E-state index is -0.0930. The molecular formula is C18H8N6O. The van der Waals surface area contributed by atoms with Gasteiger partial charge in [-0.1, -0.05) is 24.3 Å². The van der Waals surface area contributed by atoms with Crippen LogP contribution < -0.4 is 0 Å². The van der Waals surface area contributed by atoms with E-state index in [0.717, 1.165) is 16.7 Å². The molecule has 7 nitrogen and oxygen atoms in total. The van der Waals surface area contributed by atoms with Crippen molar-refractivity contribution in [3.05, 3.63) is 60.2 Å². The maximum atomic E-state index is 8.96. The van der Waals surface area contributed by atoms with Gasteiger partial charge in [0.05, 0.1) is 0 Å². The summed E-state index contributed by atoms with van der Waals surface area (Å²) in [6.45, 7) is 0. The van der Waals surface area contributed by atoms with Crippen LogP contribution in [0.1, 0.15) is 11.6 Å². The van der Waals surface area contributed by atoms with Gasteiger partial charge in [-0.25, -0.2) is 4.98 Å². The van der Waals surface area contributed by atoms with Gasteiger partial charge < -0.3 is 4.42 Å². The Balaban J connectivity index is 1.73. The summed E-state index contributed by atoms with van der Waals surface area (Å²) in [5.74, 6) is 0.597. The molecule has 0 unspecified atom stereocenters. The topological polar surface area (TPSA) is 112 Å². The van der Waals surface area contributed by atoms with Gasteiger partial charge in [-0.05, 0) is 24.3 Å². The second kappa shape index (κ2) is 5.84. The summed E-state index contributed by atoms with van der Waals surface area (Å²) in [5.41, 5.74) is 2.97. The average Bonchev–Trinajstić information content (AvgIpc) is 3.12. The largest absolute Gasteiger partial charge is 0.436 e. The van der Waals surface area contributed by atoms with Crippen LogP contribution in [0.3, 0.4) is 0 Å². The Labute approximate surface area is 141 Å². The number of rotatable bonds is 2. The van der Waals surface area contributed by atoms with Crippen molar-refractivity contribution >= 4 is 11.1 Å². The van der Waals surface area contributed by atoms with E-state index in [9.17, 15) is 0 Å². The van der Waals surface area contributed by atoms with E-state index in [1.807, 2.05) is 48.5 Å². The predicted octanol–water partition coefficient (Wildman–Crippen LogP) is 3.09. The molecule has 0 aliphatic heterocycles. The van der Waals surface area contributed by atoms with Gasteiger partial charge in [0.1, 0.15) is 17.7 Å². The molecule has 4 rings (SSSR count). The molecule has 0 amide bonds. The number of oxazole rings is 1. The van der Waals surface area contributed by atoms with Crippen LogP contribution in [0.4, 0.5) is 0 Å². The first-order valence-corrected chi connectivity index (χ1v) is 7.29. The Hall–Kier alpha value is -4.10. The first-order valence-electron chi connectivity index (χ1n) is 7.29. The standard InChI is InChI=1S/C18H8N6O/c19-9-15-22-16(10-20)24-17(23-15)11-5-7-12(8-6-11)18-21-13-3-1-2-4-14(13)25-18/h1-8H. The summed E-state index contributed by atoms with van der Waals surface area (Å²) in [6, 6.07) is 18.4. The van der Waals surface area contributed by atoms with E-state index in [0.29, 0.717) is 11.5 Å². The number of fused-ring (bicyclic) bond motifs is 1. The summed E-state index contributed by atoms with van der Waals surface area (Å²) in [5, 5.41) is 17.9. The molecule has 7 heteroatoms. The Kier molecular flexibility index (Phi) is 3.38. The Morgan fingerprint density at radius 1 is 0.720 bits per heavy atom. The molecule has 0 spiro atoms. The molecule has 116 valence electrons. The molecule has 0 radical (unpaired) electrons. The molecule has 25 heavy (non-hydrogen) atoms. The molecular weight excluding hydrogens is 316 g/mol. The highest BCUT2D eigenvalue weighted by Crippen LogP contribution is 2.26. The van der Waals surface area contributed by atoms with Crippen molar-refractivity contribution in [1.29, 1.82) is 10.5 Å². The van der Waals surface area contributed by atoms with E-state index in [2.05, 4.69) is 19.9 Å². The van der Waals surface area contributed by atoms with Crippen molar-refractivity contribution in [2.75, 3.05) is 0 Å². The zero-order chi connectivity index (χ0) is 17.2. The van der Waals surface area contributed by atoms with Crippen molar-refractivity contribution in [2.45, 2.75) is 0 Å². The van der Waals surface area contributed by atoms with Crippen LogP contribution in [0, 0.1) is 22.7 Å². The summed E-state index contributed by atoms with van der Waals surface area (Å²) in [7, 11) is 0. The second-order valence-corrected chi connectivity index (χ2v) is 5.09. The Bertz CT molecular complexity index is 1100. The number of para-hydroxylation sites is 2. The van der Waals surface area contributed by atoms with E-state index >= 15 is 0 Å². The normalized spacial score (nSPS) is 10.3. The molecule has 2 aromatic carbocycles. The molecule has 4 aromatic rings. The van der Waals surface area contributed by atoms with Crippen molar-refractivity contribution in [3.63, 3.8) is 0 Å². The number of hydrogen-bond acceptors (Lipinski definition) is 7. The van der Waals surface area contributed by atoms with Crippen LogP contribution in [-0.4, -0.2) is 19.9 Å². The van der Waals surface area contributed by atoms with E-state index < -0.39 is 0 Å². The van der Waals surface area contributed by atoms with E-state index in [1.54, 1.807) is 12.1 Å². The van der Waals surface area contributed by atoms with E-state index in [1.165, 1.54) is 0 Å². The lowest BCUT2D eigenvalue weighted by atomic mass is 10.1. The summed E-state index contributed by atoms with van der Waals surface area (Å²) < 4.78 is 5.73. The lowest BCUT2D eigenvalue weighted by Gasteiger charge is -2.01. The molecule has 0 N–H and O–H groups in total. The first kappa shape index (κ1) is 14.5. The monoisotopic (exact) mass is 324 g/mol. The van der Waals surface area contributed by atoms with E-state index in [4.69, 9.17) is 14.9 Å². The fraction of sp³-hybridized carbons (Fsp3) is 0. The summed E-state index contributed by atoms with van der Waals surface area (Å²) in [4.78, 5) is 16.2. The maximum Gasteiger partial charge on any atom is 0.236 e. The fourth-order valence-electron chi connectivity index (χ4n) is 2.36. The van der Waals surface area contributed by atoms with Crippen LogP contribution in [-0.2, 0) is 0 Å². The van der Waals surface area contributed by atoms with Crippen molar-refractivity contribution in [2.24, 2.45) is 0 Å². The molecule has 0 aliphatic carbocycles. The third kappa shape index (κ3) is 2.67. The molecule has 0 saturated heterocycles. The lowest BCUT2D eigenvalue weighted by Crippen LogP contribution is -2.00. The highest BCUT2D eigenvalue weighted by Gasteiger charge is 2.11. The van der Waals surface area contributed by atoms with Crippen LogP contribution in [0.5, 0.6) is 0 Å². The first-order chi connectivity index (χ1) is 12.3. The number of nitrogens with zero attached hydrogens (tertiary/aromatic N) is 6. The summed E-state index contributed by atoms with van der Waals surface area (Å²) in [6.07, 6.45) is 0. The van der Waals surface area contributed by atoms with Crippen LogP contribution in [0.2, 0.25) is 0 Å². The minimum Gasteiger partial charge on any atom is -0.436 e. The zero-order valence-electron chi connectivity index (χ0n) is 12.7. The third-order valence-electron chi connectivity index (χ3n) is 3.52. The van der Waals surface area contributed by atoms with Crippen molar-refractivity contribution in [1.82, 2.24) is 19.9 Å².